The molecule has 5 heteroatoms. The van der Waals surface area contributed by atoms with Crippen LogP contribution in [-0.2, 0) is 9.63 Å². The van der Waals surface area contributed by atoms with Crippen LogP contribution in [0.15, 0.2) is 16.6 Å². The van der Waals surface area contributed by atoms with Crippen molar-refractivity contribution in [2.24, 2.45) is 5.16 Å². The van der Waals surface area contributed by atoms with E-state index in [2.05, 4.69) is 9.99 Å². The fraction of sp³-hybridized carbons (Fsp3) is 0.143. The molecule has 2 rings (SSSR count). The second-order valence-corrected chi connectivity index (χ2v) is 3.86. The topological polar surface area (TPSA) is 38.7 Å². The van der Waals surface area contributed by atoms with Gasteiger partial charge in [-0.05, 0) is 6.07 Å². The molecule has 0 fully saturated rings. The minimum absolute atomic E-state index is 0.243. The highest BCUT2D eigenvalue weighted by Crippen LogP contribution is 2.22. The van der Waals surface area contributed by atoms with Crippen LogP contribution in [-0.4, -0.2) is 11.7 Å². The third-order valence-corrected chi connectivity index (χ3v) is 2.56. The van der Waals surface area contributed by atoms with Crippen molar-refractivity contribution in [2.75, 3.05) is 0 Å². The van der Waals surface area contributed by atoms with Crippen molar-refractivity contribution in [3.05, 3.63) is 21.3 Å². The molecule has 3 nitrogen and oxygen atoms in total. The van der Waals surface area contributed by atoms with E-state index in [1.54, 1.807) is 6.07 Å². The summed E-state index contributed by atoms with van der Waals surface area (Å²) < 4.78 is 0.687. The van der Waals surface area contributed by atoms with E-state index >= 15 is 0 Å². The lowest BCUT2D eigenvalue weighted by molar-refractivity contribution is -0.140. The van der Waals surface area contributed by atoms with Crippen molar-refractivity contribution in [3.63, 3.8) is 0 Å². The first-order valence-electron chi connectivity index (χ1n) is 3.27. The number of carbonyl (C=O) groups is 1. The van der Waals surface area contributed by atoms with Crippen LogP contribution in [0.3, 0.4) is 0 Å². The van der Waals surface area contributed by atoms with Crippen LogP contribution in [0.2, 0.25) is 4.34 Å². The van der Waals surface area contributed by atoms with Crippen LogP contribution in [0, 0.1) is 0 Å². The molecule has 2 heterocycles. The Morgan fingerprint density at radius 3 is 3.00 bits per heavy atom. The third kappa shape index (κ3) is 1.35. The Hall–Kier alpha value is -0.870. The van der Waals surface area contributed by atoms with Crippen LogP contribution < -0.4 is 0 Å². The summed E-state index contributed by atoms with van der Waals surface area (Å²) in [4.78, 5) is 15.1. The van der Waals surface area contributed by atoms with Crippen LogP contribution in [0.5, 0.6) is 0 Å². The Morgan fingerprint density at radius 1 is 1.67 bits per heavy atom. The van der Waals surface area contributed by atoms with Gasteiger partial charge in [-0.3, -0.25) is 0 Å². The highest BCUT2D eigenvalue weighted by molar-refractivity contribution is 7.14. The van der Waals surface area contributed by atoms with Crippen molar-refractivity contribution >= 4 is 34.6 Å². The van der Waals surface area contributed by atoms with E-state index in [-0.39, 0.29) is 12.4 Å². The van der Waals surface area contributed by atoms with E-state index < -0.39 is 0 Å². The van der Waals surface area contributed by atoms with Crippen LogP contribution >= 0.6 is 22.9 Å². The number of halogens is 1. The van der Waals surface area contributed by atoms with Crippen molar-refractivity contribution in [1.82, 2.24) is 0 Å². The van der Waals surface area contributed by atoms with Gasteiger partial charge in [0.05, 0.1) is 16.5 Å². The normalized spacial score (nSPS) is 16.1. The second-order valence-electron chi connectivity index (χ2n) is 2.32. The standard InChI is InChI=1S/C7H4ClNO2S/c8-6-1-4(3-12-6)5-2-7(10)11-9-5/h1,3H,2H2. The fourth-order valence-electron chi connectivity index (χ4n) is 0.923. The number of carbonyl (C=O) groups excluding carboxylic acids is 1. The molecular formula is C7H4ClNO2S. The predicted molar refractivity (Wildman–Crippen MR) is 46.6 cm³/mol. The lowest BCUT2D eigenvalue weighted by Crippen LogP contribution is -1.98. The molecule has 1 aliphatic heterocycles. The first-order valence-corrected chi connectivity index (χ1v) is 4.52. The Kier molecular flexibility index (Phi) is 1.86. The highest BCUT2D eigenvalue weighted by Gasteiger charge is 2.19. The molecule has 0 saturated carbocycles. The molecule has 1 aliphatic rings. The van der Waals surface area contributed by atoms with Crippen molar-refractivity contribution < 1.29 is 9.63 Å². The Morgan fingerprint density at radius 2 is 2.50 bits per heavy atom. The smallest absolute Gasteiger partial charge is 0.318 e. The summed E-state index contributed by atoms with van der Waals surface area (Å²) >= 11 is 7.12. The molecule has 0 radical (unpaired) electrons. The van der Waals surface area contributed by atoms with Gasteiger partial charge in [0.25, 0.3) is 0 Å². The molecule has 0 unspecified atom stereocenters. The number of oxime groups is 1. The lowest BCUT2D eigenvalue weighted by atomic mass is 10.2. The minimum atomic E-state index is -0.313. The SMILES string of the molecule is O=C1CC(c2csc(Cl)c2)=NO1. The summed E-state index contributed by atoms with van der Waals surface area (Å²) in [6, 6.07) is 1.77. The van der Waals surface area contributed by atoms with Gasteiger partial charge in [0.15, 0.2) is 0 Å². The molecule has 12 heavy (non-hydrogen) atoms. The molecular weight excluding hydrogens is 198 g/mol. The van der Waals surface area contributed by atoms with E-state index in [1.165, 1.54) is 11.3 Å². The Balaban J connectivity index is 2.27. The van der Waals surface area contributed by atoms with Crippen molar-refractivity contribution in [1.29, 1.82) is 0 Å². The predicted octanol–water partition coefficient (Wildman–Crippen LogP) is 2.05. The molecule has 0 aromatic carbocycles. The second kappa shape index (κ2) is 2.88. The molecule has 0 N–H and O–H groups in total. The first-order chi connectivity index (χ1) is 5.75. The summed E-state index contributed by atoms with van der Waals surface area (Å²) in [6.07, 6.45) is 0.243. The van der Waals surface area contributed by atoms with E-state index in [4.69, 9.17) is 11.6 Å². The molecule has 62 valence electrons. The van der Waals surface area contributed by atoms with Gasteiger partial charge in [-0.2, -0.15) is 0 Å². The molecule has 0 aliphatic carbocycles. The van der Waals surface area contributed by atoms with Gasteiger partial charge >= 0.3 is 5.97 Å². The zero-order chi connectivity index (χ0) is 8.55. The molecule has 0 amide bonds. The molecule has 1 aromatic rings. The molecule has 0 spiro atoms. The van der Waals surface area contributed by atoms with Crippen LogP contribution in [0.4, 0.5) is 0 Å². The first kappa shape index (κ1) is 7.76. The number of thiophene rings is 1. The van der Waals surface area contributed by atoms with Gasteiger partial charge in [0.1, 0.15) is 0 Å². The molecule has 1 aromatic heterocycles. The lowest BCUT2D eigenvalue weighted by Gasteiger charge is -1.86. The number of hydrogen-bond acceptors (Lipinski definition) is 4. The average molecular weight is 202 g/mol. The summed E-state index contributed by atoms with van der Waals surface area (Å²) in [5, 5.41) is 5.47. The largest absolute Gasteiger partial charge is 0.341 e. The van der Waals surface area contributed by atoms with Gasteiger partial charge in [-0.25, -0.2) is 4.79 Å². The summed E-state index contributed by atoms with van der Waals surface area (Å²) in [5.41, 5.74) is 1.53. The van der Waals surface area contributed by atoms with Gasteiger partial charge in [0, 0.05) is 10.9 Å². The molecule has 0 saturated heterocycles. The monoisotopic (exact) mass is 201 g/mol. The van der Waals surface area contributed by atoms with Crippen molar-refractivity contribution in [2.45, 2.75) is 6.42 Å². The summed E-state index contributed by atoms with van der Waals surface area (Å²) in [6.45, 7) is 0. The molecule has 0 atom stereocenters. The van der Waals surface area contributed by atoms with Gasteiger partial charge < -0.3 is 4.84 Å². The average Bonchev–Trinajstić information content (AvgIpc) is 2.58. The van der Waals surface area contributed by atoms with Gasteiger partial charge in [0.2, 0.25) is 0 Å². The minimum Gasteiger partial charge on any atom is -0.318 e. The van der Waals surface area contributed by atoms with E-state index in [0.29, 0.717) is 10.0 Å². The van der Waals surface area contributed by atoms with E-state index in [1.807, 2.05) is 5.38 Å². The maximum atomic E-state index is 10.7. The number of hydrogen-bond donors (Lipinski definition) is 0. The van der Waals surface area contributed by atoms with Gasteiger partial charge in [-0.15, -0.1) is 11.3 Å². The highest BCUT2D eigenvalue weighted by atomic mass is 35.5. The zero-order valence-corrected chi connectivity index (χ0v) is 7.48. The Labute approximate surface area is 77.6 Å². The maximum Gasteiger partial charge on any atom is 0.341 e. The van der Waals surface area contributed by atoms with E-state index in [0.717, 1.165) is 5.56 Å². The van der Waals surface area contributed by atoms with Crippen LogP contribution in [0.1, 0.15) is 12.0 Å². The Bertz CT molecular complexity index is 358. The fourth-order valence-corrected chi connectivity index (χ4v) is 1.81. The molecule has 0 bridgehead atoms. The number of nitrogens with zero attached hydrogens (tertiary/aromatic N) is 1. The third-order valence-electron chi connectivity index (χ3n) is 1.47. The van der Waals surface area contributed by atoms with E-state index in [9.17, 15) is 4.79 Å². The quantitative estimate of drug-likeness (QED) is 0.653. The van der Waals surface area contributed by atoms with Gasteiger partial charge in [-0.1, -0.05) is 16.8 Å². The van der Waals surface area contributed by atoms with Crippen LogP contribution in [0.25, 0.3) is 0 Å². The zero-order valence-electron chi connectivity index (χ0n) is 5.91. The number of rotatable bonds is 1. The maximum absolute atomic E-state index is 10.7. The summed E-state index contributed by atoms with van der Waals surface area (Å²) in [7, 11) is 0. The van der Waals surface area contributed by atoms with Crippen molar-refractivity contribution in [3.8, 4) is 0 Å². The summed E-state index contributed by atoms with van der Waals surface area (Å²) in [5.74, 6) is -0.313.